The van der Waals surface area contributed by atoms with E-state index in [2.05, 4.69) is 4.90 Å². The summed E-state index contributed by atoms with van der Waals surface area (Å²) >= 11 is 0. The summed E-state index contributed by atoms with van der Waals surface area (Å²) in [6, 6.07) is 18.5. The van der Waals surface area contributed by atoms with E-state index in [1.807, 2.05) is 7.05 Å². The molecule has 3 aromatic carbocycles. The number of ether oxygens (including phenoxy) is 3. The molecule has 0 aliphatic carbocycles. The standard InChI is InChI=1S/C20H18O8.C14H18FNO2/c1-11-3-7-13(8-4-11)19(25)27-15(17(21)22)16(18(23)24)28-20(26)14-9-5-12(2)6-10-14;1-16-8-7-12(13(9-16)14(17)18-2)10-3-5-11(15)6-4-10/h3-10,15-16H,1-2H3,(H,21,22)(H,23,24);3-6,12-13H,7-9H2,1-2H3/t15-,16-;/m0./s1. The number of hydrogen-bond donors (Lipinski definition) is 2. The van der Waals surface area contributed by atoms with Gasteiger partial charge in [-0.05, 0) is 81.7 Å². The van der Waals surface area contributed by atoms with Crippen LogP contribution < -0.4 is 0 Å². The van der Waals surface area contributed by atoms with E-state index >= 15 is 0 Å². The molecule has 46 heavy (non-hydrogen) atoms. The molecule has 1 aliphatic heterocycles. The normalized spacial score (nSPS) is 17.3. The predicted octanol–water partition coefficient (Wildman–Crippen LogP) is 4.26. The summed E-state index contributed by atoms with van der Waals surface area (Å²) in [4.78, 5) is 61.3. The van der Waals surface area contributed by atoms with Crippen molar-refractivity contribution in [2.24, 2.45) is 5.92 Å². The van der Waals surface area contributed by atoms with Gasteiger partial charge in [0.2, 0.25) is 12.2 Å². The first-order chi connectivity index (χ1) is 21.8. The largest absolute Gasteiger partial charge is 0.478 e. The first kappa shape index (κ1) is 35.4. The van der Waals surface area contributed by atoms with Gasteiger partial charge in [-0.1, -0.05) is 47.5 Å². The number of carbonyl (C=O) groups excluding carboxylic acids is 3. The maximum absolute atomic E-state index is 12.9. The van der Waals surface area contributed by atoms with Crippen LogP contribution in [0.25, 0.3) is 0 Å². The van der Waals surface area contributed by atoms with E-state index in [0.29, 0.717) is 6.54 Å². The first-order valence-corrected chi connectivity index (χ1v) is 14.3. The molecular weight excluding hydrogens is 601 g/mol. The molecule has 0 bridgehead atoms. The van der Waals surface area contributed by atoms with Crippen molar-refractivity contribution in [3.05, 3.63) is 106 Å². The van der Waals surface area contributed by atoms with E-state index in [-0.39, 0.29) is 34.7 Å². The highest BCUT2D eigenvalue weighted by Crippen LogP contribution is 2.33. The molecule has 11 nitrogen and oxygen atoms in total. The third kappa shape index (κ3) is 9.70. The van der Waals surface area contributed by atoms with Crippen LogP contribution in [0.3, 0.4) is 0 Å². The van der Waals surface area contributed by atoms with Crippen LogP contribution in [0.4, 0.5) is 4.39 Å². The number of carboxylic acid groups (broad SMARTS) is 2. The van der Waals surface area contributed by atoms with Gasteiger partial charge in [-0.15, -0.1) is 0 Å². The van der Waals surface area contributed by atoms with Gasteiger partial charge in [-0.3, -0.25) is 4.79 Å². The predicted molar refractivity (Wildman–Crippen MR) is 163 cm³/mol. The number of esters is 3. The van der Waals surface area contributed by atoms with Crippen LogP contribution in [0.15, 0.2) is 72.8 Å². The molecule has 1 heterocycles. The van der Waals surface area contributed by atoms with Crippen molar-refractivity contribution in [1.82, 2.24) is 4.90 Å². The Hall–Kier alpha value is -5.10. The van der Waals surface area contributed by atoms with Gasteiger partial charge in [0.25, 0.3) is 0 Å². The Morgan fingerprint density at radius 2 is 1.20 bits per heavy atom. The average molecular weight is 638 g/mol. The number of methoxy groups -OCH3 is 1. The molecule has 0 saturated carbocycles. The second-order valence-electron chi connectivity index (χ2n) is 10.9. The minimum Gasteiger partial charge on any atom is -0.478 e. The zero-order chi connectivity index (χ0) is 34.0. The maximum Gasteiger partial charge on any atom is 0.349 e. The molecule has 2 N–H and O–H groups in total. The van der Waals surface area contributed by atoms with Gasteiger partial charge in [-0.25, -0.2) is 23.6 Å². The summed E-state index contributed by atoms with van der Waals surface area (Å²) in [6.07, 6.45) is -3.55. The minimum absolute atomic E-state index is 0.0332. The zero-order valence-electron chi connectivity index (χ0n) is 25.8. The summed E-state index contributed by atoms with van der Waals surface area (Å²) in [7, 11) is 3.41. The fraction of sp³-hybridized carbons (Fsp3) is 0.324. The Morgan fingerprint density at radius 3 is 1.59 bits per heavy atom. The smallest absolute Gasteiger partial charge is 0.349 e. The SMILES string of the molecule is COC(=O)C1CN(C)CCC1c1ccc(F)cc1.Cc1ccc(C(=O)O[C@H](C(=O)O)[C@H](OC(=O)c2ccc(C)cc2)C(=O)O)cc1. The summed E-state index contributed by atoms with van der Waals surface area (Å²) < 4.78 is 27.5. The van der Waals surface area contributed by atoms with Crippen LogP contribution in [0.2, 0.25) is 0 Å². The van der Waals surface area contributed by atoms with Crippen LogP contribution in [0, 0.1) is 25.6 Å². The van der Waals surface area contributed by atoms with Crippen molar-refractivity contribution in [3.63, 3.8) is 0 Å². The minimum atomic E-state index is -2.22. The highest BCUT2D eigenvalue weighted by Gasteiger charge is 2.41. The molecule has 0 aromatic heterocycles. The average Bonchev–Trinajstić information content (AvgIpc) is 3.03. The Balaban J connectivity index is 0.000000275. The highest BCUT2D eigenvalue weighted by molar-refractivity contribution is 5.95. The Morgan fingerprint density at radius 1 is 0.761 bits per heavy atom. The fourth-order valence-corrected chi connectivity index (χ4v) is 4.84. The van der Waals surface area contributed by atoms with Crippen LogP contribution in [0.1, 0.15) is 49.7 Å². The van der Waals surface area contributed by atoms with Crippen molar-refractivity contribution >= 4 is 29.8 Å². The monoisotopic (exact) mass is 637 g/mol. The number of halogens is 1. The molecule has 0 spiro atoms. The van der Waals surface area contributed by atoms with Crippen LogP contribution in [0.5, 0.6) is 0 Å². The Bertz CT molecular complexity index is 1450. The van der Waals surface area contributed by atoms with Crippen LogP contribution in [-0.2, 0) is 28.6 Å². The molecule has 1 aliphatic rings. The summed E-state index contributed by atoms with van der Waals surface area (Å²) in [5.41, 5.74) is 2.81. The first-order valence-electron chi connectivity index (χ1n) is 14.3. The van der Waals surface area contributed by atoms with Crippen molar-refractivity contribution < 1.29 is 52.8 Å². The van der Waals surface area contributed by atoms with Crippen LogP contribution >= 0.6 is 0 Å². The number of rotatable bonds is 9. The van der Waals surface area contributed by atoms with Crippen molar-refractivity contribution in [3.8, 4) is 0 Å². The third-order valence-electron chi connectivity index (χ3n) is 7.42. The van der Waals surface area contributed by atoms with E-state index < -0.39 is 36.1 Å². The Labute approximate surface area is 265 Å². The lowest BCUT2D eigenvalue weighted by Crippen LogP contribution is -2.45. The second-order valence-corrected chi connectivity index (χ2v) is 10.9. The number of hydrogen-bond acceptors (Lipinski definition) is 9. The van der Waals surface area contributed by atoms with Crippen molar-refractivity contribution in [1.29, 1.82) is 0 Å². The molecule has 0 radical (unpaired) electrons. The fourth-order valence-electron chi connectivity index (χ4n) is 4.84. The number of piperidine rings is 1. The maximum atomic E-state index is 12.9. The molecule has 0 amide bonds. The van der Waals surface area contributed by atoms with Crippen molar-refractivity contribution in [2.45, 2.75) is 38.4 Å². The van der Waals surface area contributed by atoms with E-state index in [9.17, 15) is 38.6 Å². The van der Waals surface area contributed by atoms with Gasteiger partial charge in [0.05, 0.1) is 24.2 Å². The second kappa shape index (κ2) is 16.3. The molecule has 1 saturated heterocycles. The molecule has 244 valence electrons. The van der Waals surface area contributed by atoms with Gasteiger partial charge in [-0.2, -0.15) is 0 Å². The zero-order valence-corrected chi connectivity index (χ0v) is 25.8. The van der Waals surface area contributed by atoms with Crippen molar-refractivity contribution in [2.75, 3.05) is 27.2 Å². The number of likely N-dealkylation sites (tertiary alicyclic amines) is 1. The lowest BCUT2D eigenvalue weighted by atomic mass is 9.80. The van der Waals surface area contributed by atoms with Gasteiger partial charge >= 0.3 is 29.8 Å². The topological polar surface area (TPSA) is 157 Å². The lowest BCUT2D eigenvalue weighted by molar-refractivity contribution is -0.166. The number of aryl methyl sites for hydroxylation is 2. The van der Waals surface area contributed by atoms with E-state index in [0.717, 1.165) is 29.7 Å². The van der Waals surface area contributed by atoms with E-state index in [1.165, 1.54) is 43.5 Å². The number of carboxylic acids is 2. The molecule has 4 rings (SSSR count). The van der Waals surface area contributed by atoms with E-state index in [4.69, 9.17) is 14.2 Å². The molecule has 4 atom stereocenters. The lowest BCUT2D eigenvalue weighted by Gasteiger charge is -2.35. The Kier molecular flexibility index (Phi) is 12.5. The molecule has 12 heteroatoms. The van der Waals surface area contributed by atoms with Crippen LogP contribution in [-0.4, -0.2) is 84.4 Å². The summed E-state index contributed by atoms with van der Waals surface area (Å²) in [6.45, 7) is 5.21. The number of benzene rings is 3. The molecular formula is C34H36FNO10. The number of aliphatic carboxylic acids is 2. The van der Waals surface area contributed by atoms with Gasteiger partial charge in [0.1, 0.15) is 5.82 Å². The van der Waals surface area contributed by atoms with Gasteiger partial charge in [0, 0.05) is 6.54 Å². The molecule has 1 fully saturated rings. The molecule has 2 unspecified atom stereocenters. The van der Waals surface area contributed by atoms with Gasteiger partial charge in [0.15, 0.2) is 0 Å². The quantitative estimate of drug-likeness (QED) is 0.255. The number of nitrogens with zero attached hydrogens (tertiary/aromatic N) is 1. The highest BCUT2D eigenvalue weighted by atomic mass is 19.1. The number of carbonyl (C=O) groups is 5. The van der Waals surface area contributed by atoms with E-state index in [1.54, 1.807) is 50.2 Å². The summed E-state index contributed by atoms with van der Waals surface area (Å²) in [5.74, 6) is -6.10. The van der Waals surface area contributed by atoms with Gasteiger partial charge < -0.3 is 29.3 Å². The summed E-state index contributed by atoms with van der Waals surface area (Å²) in [5, 5.41) is 18.6. The third-order valence-corrected chi connectivity index (χ3v) is 7.42. The molecule has 3 aromatic rings.